The van der Waals surface area contributed by atoms with E-state index in [1.54, 1.807) is 12.1 Å². The second kappa shape index (κ2) is 12.9. The maximum atomic E-state index is 14.8. The highest BCUT2D eigenvalue weighted by molar-refractivity contribution is 7.51. The molecule has 4 aliphatic carbocycles. The van der Waals surface area contributed by atoms with Crippen molar-refractivity contribution in [3.8, 4) is 16.9 Å². The lowest BCUT2D eigenvalue weighted by Crippen LogP contribution is -2.48. The number of benzene rings is 2. The molecule has 2 aromatic rings. The predicted octanol–water partition coefficient (Wildman–Crippen LogP) is 9.03. The number of unbranched alkanes of at least 4 members (excludes halogenated alkanes) is 8. The summed E-state index contributed by atoms with van der Waals surface area (Å²) in [5.41, 5.74) is 3.87. The lowest BCUT2D eigenvalue weighted by molar-refractivity contribution is -0.00518. The summed E-state index contributed by atoms with van der Waals surface area (Å²) in [6, 6.07) is 14.4. The van der Waals surface area contributed by atoms with Gasteiger partial charge in [-0.1, -0.05) is 75.3 Å². The quantitative estimate of drug-likeness (QED) is 0.170. The molecule has 6 heteroatoms. The van der Waals surface area contributed by atoms with Gasteiger partial charge in [-0.2, -0.15) is 0 Å². The SMILES string of the molecule is O=P(O)(O)CCCCCCCCCCCOc1ccc(-c2ccc([C@]34CC5C[C@H](C[C@@H](C5)C3)C4)cc2)cc1F. The average molecular weight is 557 g/mol. The summed E-state index contributed by atoms with van der Waals surface area (Å²) in [7, 11) is -3.83. The van der Waals surface area contributed by atoms with E-state index < -0.39 is 7.60 Å². The monoisotopic (exact) mass is 556 g/mol. The number of ether oxygens (including phenoxy) is 1. The molecule has 4 fully saturated rings. The van der Waals surface area contributed by atoms with Crippen molar-refractivity contribution in [3.05, 3.63) is 53.8 Å². The molecule has 0 spiro atoms. The van der Waals surface area contributed by atoms with Gasteiger partial charge in [-0.25, -0.2) is 4.39 Å². The van der Waals surface area contributed by atoms with E-state index >= 15 is 0 Å². The fraction of sp³-hybridized carbons (Fsp3) is 0.636. The number of hydrogen-bond donors (Lipinski definition) is 2. The van der Waals surface area contributed by atoms with Crippen molar-refractivity contribution in [1.29, 1.82) is 0 Å². The molecule has 4 bridgehead atoms. The third kappa shape index (κ3) is 7.75. The van der Waals surface area contributed by atoms with Crippen molar-refractivity contribution in [3.63, 3.8) is 0 Å². The zero-order valence-electron chi connectivity index (χ0n) is 23.3. The lowest BCUT2D eigenvalue weighted by atomic mass is 9.48. The molecule has 6 rings (SSSR count). The molecule has 0 atom stereocenters. The van der Waals surface area contributed by atoms with Crippen molar-refractivity contribution in [1.82, 2.24) is 0 Å². The Hall–Kier alpha value is -1.68. The Morgan fingerprint density at radius 3 is 1.79 bits per heavy atom. The summed E-state index contributed by atoms with van der Waals surface area (Å²) in [4.78, 5) is 17.7. The third-order valence-corrected chi connectivity index (χ3v) is 10.6. The number of halogens is 1. The minimum atomic E-state index is -3.83. The molecule has 2 N–H and O–H groups in total. The fourth-order valence-corrected chi connectivity index (χ4v) is 8.75. The molecule has 4 nitrogen and oxygen atoms in total. The minimum absolute atomic E-state index is 0.00490. The Kier molecular flexibility index (Phi) is 9.52. The van der Waals surface area contributed by atoms with Gasteiger partial charge in [0.25, 0.3) is 0 Å². The Labute approximate surface area is 233 Å². The van der Waals surface area contributed by atoms with Crippen molar-refractivity contribution < 1.29 is 23.5 Å². The summed E-state index contributed by atoms with van der Waals surface area (Å²) >= 11 is 0. The number of rotatable bonds is 15. The molecule has 39 heavy (non-hydrogen) atoms. The van der Waals surface area contributed by atoms with Crippen molar-refractivity contribution in [2.24, 2.45) is 17.8 Å². The fourth-order valence-electron chi connectivity index (χ4n) is 8.12. The first-order valence-electron chi connectivity index (χ1n) is 15.4. The van der Waals surface area contributed by atoms with Crippen LogP contribution in [0.5, 0.6) is 5.75 Å². The second-order valence-corrected chi connectivity index (χ2v) is 14.6. The Balaban J connectivity index is 1.00. The summed E-state index contributed by atoms with van der Waals surface area (Å²) in [5, 5.41) is 0. The van der Waals surface area contributed by atoms with Gasteiger partial charge in [0, 0.05) is 6.16 Å². The van der Waals surface area contributed by atoms with Crippen LogP contribution in [-0.4, -0.2) is 22.6 Å². The van der Waals surface area contributed by atoms with Crippen LogP contribution in [0.4, 0.5) is 4.39 Å². The molecule has 214 valence electrons. The first kappa shape index (κ1) is 28.8. The van der Waals surface area contributed by atoms with Crippen LogP contribution >= 0.6 is 7.60 Å². The summed E-state index contributed by atoms with van der Waals surface area (Å²) < 4.78 is 31.4. The Bertz CT molecular complexity index is 1090. The van der Waals surface area contributed by atoms with E-state index in [0.29, 0.717) is 24.2 Å². The van der Waals surface area contributed by atoms with Crippen LogP contribution in [0.15, 0.2) is 42.5 Å². The molecule has 0 aromatic heterocycles. The second-order valence-electron chi connectivity index (χ2n) is 12.8. The van der Waals surface area contributed by atoms with Crippen LogP contribution in [0.3, 0.4) is 0 Å². The third-order valence-electron chi connectivity index (χ3n) is 9.65. The molecular weight excluding hydrogens is 510 g/mol. The molecule has 0 heterocycles. The van der Waals surface area contributed by atoms with Crippen LogP contribution in [-0.2, 0) is 9.98 Å². The molecule has 0 aliphatic heterocycles. The van der Waals surface area contributed by atoms with Crippen LogP contribution in [0.2, 0.25) is 0 Å². The van der Waals surface area contributed by atoms with E-state index in [9.17, 15) is 8.96 Å². The average Bonchev–Trinajstić information content (AvgIpc) is 2.89. The molecule has 4 saturated carbocycles. The highest BCUT2D eigenvalue weighted by Gasteiger charge is 2.51. The standard InChI is InChI=1S/C33H46FO4P/c34-31-21-29(12-15-32(31)38-16-8-6-4-2-1-3-5-7-9-17-39(35,36)37)28-10-13-30(14-11-28)33-22-25-18-26(23-33)20-27(19-25)24-33/h10-15,21,25-27H,1-9,16-20,22-24H2,(H2,35,36,37)/t25-,26-,27?,33-/m0/s1. The van der Waals surface area contributed by atoms with E-state index in [1.807, 2.05) is 6.07 Å². The van der Waals surface area contributed by atoms with Gasteiger partial charge in [0.2, 0.25) is 0 Å². The predicted molar refractivity (Wildman–Crippen MR) is 156 cm³/mol. The van der Waals surface area contributed by atoms with Gasteiger partial charge in [0.1, 0.15) is 0 Å². The molecule has 0 unspecified atom stereocenters. The molecule has 2 aromatic carbocycles. The van der Waals surface area contributed by atoms with Crippen molar-refractivity contribution in [2.75, 3.05) is 12.8 Å². The zero-order valence-corrected chi connectivity index (χ0v) is 24.2. The van der Waals surface area contributed by atoms with E-state index in [4.69, 9.17) is 14.5 Å². The minimum Gasteiger partial charge on any atom is -0.491 e. The zero-order chi connectivity index (χ0) is 27.3. The van der Waals surface area contributed by atoms with Crippen molar-refractivity contribution >= 4 is 7.60 Å². The molecular formula is C33H46FO4P. The summed E-state index contributed by atoms with van der Waals surface area (Å²) in [6.07, 6.45) is 17.5. The molecule has 4 aliphatic rings. The number of hydrogen-bond acceptors (Lipinski definition) is 2. The van der Waals surface area contributed by atoms with Gasteiger partial charge in [0.05, 0.1) is 6.61 Å². The van der Waals surface area contributed by atoms with Gasteiger partial charge >= 0.3 is 7.60 Å². The molecule has 0 amide bonds. The van der Waals surface area contributed by atoms with Gasteiger partial charge in [-0.3, -0.25) is 4.57 Å². The van der Waals surface area contributed by atoms with E-state index in [0.717, 1.165) is 80.2 Å². The summed E-state index contributed by atoms with van der Waals surface area (Å²) in [6.45, 7) is 0.526. The maximum Gasteiger partial charge on any atom is 0.325 e. The largest absolute Gasteiger partial charge is 0.491 e. The maximum absolute atomic E-state index is 14.8. The highest BCUT2D eigenvalue weighted by Crippen LogP contribution is 2.60. The van der Waals surface area contributed by atoms with Crippen LogP contribution in [0.1, 0.15) is 102 Å². The smallest absolute Gasteiger partial charge is 0.325 e. The molecule has 0 radical (unpaired) electrons. The van der Waals surface area contributed by atoms with Gasteiger partial charge in [-0.05, 0) is 103 Å². The summed E-state index contributed by atoms with van der Waals surface area (Å²) in [5.74, 6) is 2.84. The van der Waals surface area contributed by atoms with E-state index in [2.05, 4.69) is 24.3 Å². The lowest BCUT2D eigenvalue weighted by Gasteiger charge is -2.57. The van der Waals surface area contributed by atoms with E-state index in [1.165, 1.54) is 44.1 Å². The van der Waals surface area contributed by atoms with Crippen molar-refractivity contribution in [2.45, 2.75) is 102 Å². The van der Waals surface area contributed by atoms with Crippen LogP contribution in [0.25, 0.3) is 11.1 Å². The van der Waals surface area contributed by atoms with E-state index in [-0.39, 0.29) is 12.0 Å². The topological polar surface area (TPSA) is 66.8 Å². The first-order chi connectivity index (χ1) is 18.8. The van der Waals surface area contributed by atoms with Gasteiger partial charge in [-0.15, -0.1) is 0 Å². The Morgan fingerprint density at radius 1 is 0.744 bits per heavy atom. The van der Waals surface area contributed by atoms with Gasteiger partial charge < -0.3 is 14.5 Å². The Morgan fingerprint density at radius 2 is 1.26 bits per heavy atom. The van der Waals surface area contributed by atoms with Gasteiger partial charge in [0.15, 0.2) is 11.6 Å². The van der Waals surface area contributed by atoms with Crippen LogP contribution in [0, 0.1) is 23.6 Å². The molecule has 0 saturated heterocycles. The highest BCUT2D eigenvalue weighted by atomic mass is 31.2. The van der Waals surface area contributed by atoms with Crippen LogP contribution < -0.4 is 4.74 Å². The normalized spacial score (nSPS) is 25.8. The first-order valence-corrected chi connectivity index (χ1v) is 17.2.